The van der Waals surface area contributed by atoms with Gasteiger partial charge in [0.25, 0.3) is 5.91 Å². The zero-order valence-electron chi connectivity index (χ0n) is 23.7. The predicted molar refractivity (Wildman–Crippen MR) is 156 cm³/mol. The van der Waals surface area contributed by atoms with E-state index in [1.54, 1.807) is 11.8 Å². The Bertz CT molecular complexity index is 1490. The summed E-state index contributed by atoms with van der Waals surface area (Å²) in [4.78, 5) is 50.6. The maximum absolute atomic E-state index is 13.0. The van der Waals surface area contributed by atoms with Gasteiger partial charge in [0.1, 0.15) is 5.82 Å². The van der Waals surface area contributed by atoms with E-state index in [-0.39, 0.29) is 30.4 Å². The Morgan fingerprint density at radius 2 is 1.90 bits per heavy atom. The Labute approximate surface area is 239 Å². The van der Waals surface area contributed by atoms with Crippen LogP contribution in [0.1, 0.15) is 71.6 Å². The van der Waals surface area contributed by atoms with Crippen LogP contribution in [0.25, 0.3) is 11.0 Å². The fourth-order valence-electron chi connectivity index (χ4n) is 6.04. The molecule has 6 rings (SSSR count). The third-order valence-electron chi connectivity index (χ3n) is 8.66. The molecular formula is C31H38N6O4. The lowest BCUT2D eigenvalue weighted by molar-refractivity contribution is -0.131. The largest absolute Gasteiger partial charge is 0.389 e. The molecule has 216 valence electrons. The second-order valence-electron chi connectivity index (χ2n) is 11.8. The number of aliphatic hydroxyl groups excluding tert-OH is 1. The number of aryl methyl sites for hydroxylation is 1. The normalized spacial score (nSPS) is 18.6. The molecule has 2 fully saturated rings. The summed E-state index contributed by atoms with van der Waals surface area (Å²) in [5.74, 6) is 1.28. The van der Waals surface area contributed by atoms with Crippen LogP contribution in [-0.4, -0.2) is 74.9 Å². The molecule has 3 heterocycles. The number of aromatic nitrogens is 2. The van der Waals surface area contributed by atoms with Crippen molar-refractivity contribution in [3.05, 3.63) is 58.4 Å². The molecule has 1 saturated heterocycles. The number of fused-ring (bicyclic) bond motifs is 2. The van der Waals surface area contributed by atoms with Crippen LogP contribution in [-0.2, 0) is 17.6 Å². The average molecular weight is 559 g/mol. The number of rotatable bonds is 7. The molecule has 0 radical (unpaired) electrons. The number of nitrogens with zero attached hydrogens (tertiary/aromatic N) is 3. The van der Waals surface area contributed by atoms with Crippen molar-refractivity contribution in [2.75, 3.05) is 31.5 Å². The number of hydrogen-bond donors (Lipinski definition) is 4. The van der Waals surface area contributed by atoms with Crippen molar-refractivity contribution >= 4 is 34.6 Å². The molecule has 1 atom stereocenters. The standard InChI is InChI=1S/C31H38N6O4/c1-18-13-23(16-26-29(18)35-27(33-26)14-20-3-4-20)30(40)32-17-28(39)36-10-8-24(9-11-36)37-12-7-22-15-21(19(2)38)5-6-25(22)34-31(37)41/h5-6,13,15-16,19-20,24,38H,3-4,7-12,14,17H2,1-2H3,(H,32,40)(H,33,35)(H,34,41). The Hall–Kier alpha value is -3.92. The van der Waals surface area contributed by atoms with Gasteiger partial charge < -0.3 is 30.5 Å². The summed E-state index contributed by atoms with van der Waals surface area (Å²) in [5.41, 5.74) is 5.82. The second-order valence-corrected chi connectivity index (χ2v) is 11.8. The lowest BCUT2D eigenvalue weighted by Crippen LogP contribution is -2.51. The van der Waals surface area contributed by atoms with Crippen molar-refractivity contribution in [1.29, 1.82) is 0 Å². The van der Waals surface area contributed by atoms with Crippen molar-refractivity contribution in [2.45, 2.75) is 64.5 Å². The number of benzene rings is 2. The topological polar surface area (TPSA) is 131 Å². The van der Waals surface area contributed by atoms with Gasteiger partial charge in [0.05, 0.1) is 23.7 Å². The van der Waals surface area contributed by atoms with Gasteiger partial charge in [-0.2, -0.15) is 0 Å². The summed E-state index contributed by atoms with van der Waals surface area (Å²) in [6, 6.07) is 9.20. The van der Waals surface area contributed by atoms with Gasteiger partial charge in [-0.3, -0.25) is 9.59 Å². The molecule has 1 aromatic heterocycles. The molecule has 1 saturated carbocycles. The van der Waals surface area contributed by atoms with Crippen LogP contribution in [0.2, 0.25) is 0 Å². The quantitative estimate of drug-likeness (QED) is 0.351. The Balaban J connectivity index is 1.01. The van der Waals surface area contributed by atoms with Crippen LogP contribution in [0, 0.1) is 12.8 Å². The molecule has 41 heavy (non-hydrogen) atoms. The SMILES string of the molecule is Cc1cc(C(=O)NCC(=O)N2CCC(N3CCc4cc(C(C)O)ccc4NC3=O)CC2)cc2[nH]c(CC3CC3)nc12. The summed E-state index contributed by atoms with van der Waals surface area (Å²) >= 11 is 0. The number of aliphatic hydroxyl groups is 1. The van der Waals surface area contributed by atoms with Crippen LogP contribution in [0.5, 0.6) is 0 Å². The first-order valence-corrected chi connectivity index (χ1v) is 14.7. The number of H-pyrrole nitrogens is 1. The third-order valence-corrected chi connectivity index (χ3v) is 8.66. The number of aromatic amines is 1. The van der Waals surface area contributed by atoms with Gasteiger partial charge >= 0.3 is 6.03 Å². The van der Waals surface area contributed by atoms with Crippen molar-refractivity contribution < 1.29 is 19.5 Å². The molecule has 3 aromatic rings. The van der Waals surface area contributed by atoms with Crippen LogP contribution in [0.3, 0.4) is 0 Å². The molecular weight excluding hydrogens is 520 g/mol. The van der Waals surface area contributed by atoms with Gasteiger partial charge in [0, 0.05) is 43.3 Å². The van der Waals surface area contributed by atoms with Gasteiger partial charge in [-0.25, -0.2) is 9.78 Å². The van der Waals surface area contributed by atoms with Crippen LogP contribution in [0.4, 0.5) is 10.5 Å². The monoisotopic (exact) mass is 558 g/mol. The molecule has 2 aromatic carbocycles. The second kappa shape index (κ2) is 11.2. The maximum Gasteiger partial charge on any atom is 0.322 e. The number of likely N-dealkylation sites (tertiary alicyclic amines) is 1. The van der Waals surface area contributed by atoms with E-state index in [2.05, 4.69) is 15.6 Å². The Morgan fingerprint density at radius 1 is 1.12 bits per heavy atom. The lowest BCUT2D eigenvalue weighted by Gasteiger charge is -2.38. The average Bonchev–Trinajstić information content (AvgIpc) is 3.71. The zero-order valence-corrected chi connectivity index (χ0v) is 23.7. The molecule has 10 heteroatoms. The highest BCUT2D eigenvalue weighted by Crippen LogP contribution is 2.33. The van der Waals surface area contributed by atoms with Crippen molar-refractivity contribution in [3.8, 4) is 0 Å². The molecule has 4 N–H and O–H groups in total. The highest BCUT2D eigenvalue weighted by molar-refractivity contribution is 5.99. The number of anilines is 1. The number of amides is 4. The first kappa shape index (κ1) is 27.3. The number of hydrogen-bond acceptors (Lipinski definition) is 5. The number of imidazole rings is 1. The molecule has 1 unspecified atom stereocenters. The number of nitrogens with one attached hydrogen (secondary N) is 3. The fourth-order valence-corrected chi connectivity index (χ4v) is 6.04. The zero-order chi connectivity index (χ0) is 28.7. The van der Waals surface area contributed by atoms with Crippen LogP contribution >= 0.6 is 0 Å². The predicted octanol–water partition coefficient (Wildman–Crippen LogP) is 3.69. The smallest absolute Gasteiger partial charge is 0.322 e. The van der Waals surface area contributed by atoms with Gasteiger partial charge in [-0.15, -0.1) is 0 Å². The number of carbonyl (C=O) groups excluding carboxylic acids is 3. The molecule has 4 amide bonds. The van der Waals surface area contributed by atoms with E-state index in [0.29, 0.717) is 44.5 Å². The van der Waals surface area contributed by atoms with Crippen molar-refractivity contribution in [2.24, 2.45) is 5.92 Å². The van der Waals surface area contributed by atoms with Gasteiger partial charge in [0.2, 0.25) is 5.91 Å². The summed E-state index contributed by atoms with van der Waals surface area (Å²) in [5, 5.41) is 15.7. The fraction of sp³-hybridized carbons (Fsp3) is 0.484. The maximum atomic E-state index is 13.0. The van der Waals surface area contributed by atoms with Gasteiger partial charge in [0.15, 0.2) is 0 Å². The Kier molecular flexibility index (Phi) is 7.42. The first-order chi connectivity index (χ1) is 19.7. The minimum atomic E-state index is -0.559. The first-order valence-electron chi connectivity index (χ1n) is 14.7. The minimum absolute atomic E-state index is 0.0353. The lowest BCUT2D eigenvalue weighted by atomic mass is 10.0. The molecule has 3 aliphatic rings. The van der Waals surface area contributed by atoms with E-state index < -0.39 is 6.10 Å². The number of piperidine rings is 1. The van der Waals surface area contributed by atoms with E-state index in [9.17, 15) is 19.5 Å². The molecule has 2 aliphatic heterocycles. The van der Waals surface area contributed by atoms with E-state index in [0.717, 1.165) is 51.6 Å². The van der Waals surface area contributed by atoms with E-state index in [1.807, 2.05) is 42.2 Å². The third kappa shape index (κ3) is 5.93. The van der Waals surface area contributed by atoms with Gasteiger partial charge in [-0.1, -0.05) is 12.1 Å². The Morgan fingerprint density at radius 3 is 2.63 bits per heavy atom. The van der Waals surface area contributed by atoms with E-state index in [1.165, 1.54) is 12.8 Å². The summed E-state index contributed by atoms with van der Waals surface area (Å²) in [6.45, 7) is 5.26. The van der Waals surface area contributed by atoms with E-state index >= 15 is 0 Å². The molecule has 0 spiro atoms. The highest BCUT2D eigenvalue weighted by Gasteiger charge is 2.31. The summed E-state index contributed by atoms with van der Waals surface area (Å²) in [6.07, 6.45) is 4.96. The molecule has 1 aliphatic carbocycles. The highest BCUT2D eigenvalue weighted by atomic mass is 16.3. The van der Waals surface area contributed by atoms with Gasteiger partial charge in [-0.05, 0) is 86.8 Å². The summed E-state index contributed by atoms with van der Waals surface area (Å²) in [7, 11) is 0. The van der Waals surface area contributed by atoms with Crippen LogP contribution in [0.15, 0.2) is 30.3 Å². The molecule has 0 bridgehead atoms. The minimum Gasteiger partial charge on any atom is -0.389 e. The van der Waals surface area contributed by atoms with Crippen molar-refractivity contribution in [3.63, 3.8) is 0 Å². The van der Waals surface area contributed by atoms with E-state index in [4.69, 9.17) is 4.98 Å². The molecule has 10 nitrogen and oxygen atoms in total. The number of urea groups is 1. The summed E-state index contributed by atoms with van der Waals surface area (Å²) < 4.78 is 0. The number of carbonyl (C=O) groups is 3. The van der Waals surface area contributed by atoms with Crippen LogP contribution < -0.4 is 10.6 Å². The van der Waals surface area contributed by atoms with Crippen molar-refractivity contribution in [1.82, 2.24) is 25.1 Å².